The highest BCUT2D eigenvalue weighted by atomic mass is 15.1. The molecular formula is C14H17N. The van der Waals surface area contributed by atoms with Crippen LogP contribution in [-0.4, -0.2) is 13.1 Å². The van der Waals surface area contributed by atoms with E-state index in [1.165, 1.54) is 43.6 Å². The quantitative estimate of drug-likeness (QED) is 0.628. The lowest BCUT2D eigenvalue weighted by atomic mass is 10.1. The third-order valence-electron chi connectivity index (χ3n) is 3.09. The minimum atomic E-state index is 1.01. The molecule has 0 spiro atoms. The highest BCUT2D eigenvalue weighted by Gasteiger charge is 2.11. The van der Waals surface area contributed by atoms with Crippen LogP contribution in [0.15, 0.2) is 18.2 Å². The van der Waals surface area contributed by atoms with Crippen LogP contribution in [-0.2, 0) is 0 Å². The molecule has 1 fully saturated rings. The summed E-state index contributed by atoms with van der Waals surface area (Å²) in [7, 11) is 0. The molecule has 1 saturated heterocycles. The molecule has 2 rings (SSSR count). The van der Waals surface area contributed by atoms with Crippen molar-refractivity contribution in [2.45, 2.75) is 26.2 Å². The number of hydrogen-bond acceptors (Lipinski definition) is 1. The summed E-state index contributed by atoms with van der Waals surface area (Å²) < 4.78 is 0. The minimum Gasteiger partial charge on any atom is -0.372 e. The Balaban J connectivity index is 2.22. The van der Waals surface area contributed by atoms with Gasteiger partial charge in [-0.05, 0) is 49.9 Å². The van der Waals surface area contributed by atoms with Crippen LogP contribution in [0, 0.1) is 19.3 Å². The third-order valence-corrected chi connectivity index (χ3v) is 3.09. The molecule has 1 aliphatic rings. The van der Waals surface area contributed by atoms with Gasteiger partial charge in [0.25, 0.3) is 0 Å². The molecule has 0 saturated carbocycles. The fourth-order valence-electron chi connectivity index (χ4n) is 2.16. The molecule has 1 heterocycles. The summed E-state index contributed by atoms with van der Waals surface area (Å²) in [6, 6.07) is 6.41. The van der Waals surface area contributed by atoms with Gasteiger partial charge in [-0.3, -0.25) is 0 Å². The maximum atomic E-state index is 5.42. The Hall–Kier alpha value is -1.42. The molecule has 1 aromatic carbocycles. The first-order chi connectivity index (χ1) is 7.31. The lowest BCUT2D eigenvalue weighted by molar-refractivity contribution is 0.578. The smallest absolute Gasteiger partial charge is 0.0369 e. The average Bonchev–Trinajstić information content (AvgIpc) is 2.30. The molecule has 0 radical (unpaired) electrons. The van der Waals surface area contributed by atoms with Gasteiger partial charge in [-0.1, -0.05) is 5.92 Å². The molecule has 1 heteroatoms. The van der Waals surface area contributed by atoms with Gasteiger partial charge in [0.1, 0.15) is 0 Å². The molecule has 0 amide bonds. The average molecular weight is 199 g/mol. The van der Waals surface area contributed by atoms with Crippen molar-refractivity contribution in [3.8, 4) is 12.3 Å². The van der Waals surface area contributed by atoms with E-state index in [0.29, 0.717) is 0 Å². The highest BCUT2D eigenvalue weighted by Crippen LogP contribution is 2.22. The summed E-state index contributed by atoms with van der Waals surface area (Å²) in [6.07, 6.45) is 9.42. The van der Waals surface area contributed by atoms with Crippen molar-refractivity contribution in [2.75, 3.05) is 18.0 Å². The van der Waals surface area contributed by atoms with E-state index in [4.69, 9.17) is 6.42 Å². The van der Waals surface area contributed by atoms with Crippen LogP contribution in [0.4, 0.5) is 5.69 Å². The zero-order valence-electron chi connectivity index (χ0n) is 9.29. The van der Waals surface area contributed by atoms with Gasteiger partial charge in [-0.25, -0.2) is 0 Å². The van der Waals surface area contributed by atoms with E-state index in [9.17, 15) is 0 Å². The van der Waals surface area contributed by atoms with Crippen LogP contribution in [0.3, 0.4) is 0 Å². The fourth-order valence-corrected chi connectivity index (χ4v) is 2.16. The lowest BCUT2D eigenvalue weighted by Crippen LogP contribution is -2.29. The number of rotatable bonds is 1. The van der Waals surface area contributed by atoms with Gasteiger partial charge in [0, 0.05) is 24.3 Å². The topological polar surface area (TPSA) is 3.24 Å². The summed E-state index contributed by atoms with van der Waals surface area (Å²) in [5.41, 5.74) is 3.54. The first kappa shape index (κ1) is 10.1. The first-order valence-electron chi connectivity index (χ1n) is 5.63. The Morgan fingerprint density at radius 3 is 2.53 bits per heavy atom. The number of nitrogens with zero attached hydrogens (tertiary/aromatic N) is 1. The molecule has 78 valence electrons. The Labute approximate surface area is 92.1 Å². The molecule has 0 bridgehead atoms. The van der Waals surface area contributed by atoms with Gasteiger partial charge in [0.2, 0.25) is 0 Å². The van der Waals surface area contributed by atoms with Gasteiger partial charge >= 0.3 is 0 Å². The van der Waals surface area contributed by atoms with Gasteiger partial charge < -0.3 is 4.90 Å². The van der Waals surface area contributed by atoms with Crippen molar-refractivity contribution < 1.29 is 0 Å². The van der Waals surface area contributed by atoms with E-state index in [2.05, 4.69) is 35.9 Å². The predicted molar refractivity (Wildman–Crippen MR) is 65.2 cm³/mol. The van der Waals surface area contributed by atoms with Crippen LogP contribution in [0.2, 0.25) is 0 Å². The number of hydrogen-bond donors (Lipinski definition) is 0. The maximum absolute atomic E-state index is 5.42. The first-order valence-corrected chi connectivity index (χ1v) is 5.63. The second-order valence-electron chi connectivity index (χ2n) is 4.19. The highest BCUT2D eigenvalue weighted by molar-refractivity contribution is 5.54. The number of piperidine rings is 1. The summed E-state index contributed by atoms with van der Waals surface area (Å²) in [4.78, 5) is 2.46. The number of terminal acetylenes is 1. The molecule has 0 atom stereocenters. The summed E-state index contributed by atoms with van der Waals surface area (Å²) in [6.45, 7) is 4.46. The second kappa shape index (κ2) is 4.40. The van der Waals surface area contributed by atoms with Gasteiger partial charge in [-0.2, -0.15) is 0 Å². The van der Waals surface area contributed by atoms with Crippen molar-refractivity contribution in [1.29, 1.82) is 0 Å². The number of benzene rings is 1. The Morgan fingerprint density at radius 2 is 1.93 bits per heavy atom. The van der Waals surface area contributed by atoms with Gasteiger partial charge in [-0.15, -0.1) is 6.42 Å². The van der Waals surface area contributed by atoms with E-state index in [1.807, 2.05) is 0 Å². The van der Waals surface area contributed by atoms with E-state index >= 15 is 0 Å². The normalized spacial score (nSPS) is 16.1. The van der Waals surface area contributed by atoms with Gasteiger partial charge in [0.15, 0.2) is 0 Å². The molecule has 0 aromatic heterocycles. The van der Waals surface area contributed by atoms with Crippen LogP contribution in [0.25, 0.3) is 0 Å². The lowest BCUT2D eigenvalue weighted by Gasteiger charge is -2.29. The van der Waals surface area contributed by atoms with Gasteiger partial charge in [0.05, 0.1) is 0 Å². The Bertz CT molecular complexity index is 381. The maximum Gasteiger partial charge on any atom is 0.0369 e. The van der Waals surface area contributed by atoms with Crippen LogP contribution < -0.4 is 4.90 Å². The van der Waals surface area contributed by atoms with Crippen LogP contribution in [0.5, 0.6) is 0 Å². The Morgan fingerprint density at radius 1 is 1.20 bits per heavy atom. The second-order valence-corrected chi connectivity index (χ2v) is 4.19. The van der Waals surface area contributed by atoms with Crippen molar-refractivity contribution in [3.63, 3.8) is 0 Å². The monoisotopic (exact) mass is 199 g/mol. The minimum absolute atomic E-state index is 1.01. The largest absolute Gasteiger partial charge is 0.372 e. The zero-order valence-corrected chi connectivity index (χ0v) is 9.29. The molecule has 15 heavy (non-hydrogen) atoms. The van der Waals surface area contributed by atoms with E-state index in [0.717, 1.165) is 5.56 Å². The van der Waals surface area contributed by atoms with Crippen molar-refractivity contribution in [1.82, 2.24) is 0 Å². The predicted octanol–water partition coefficient (Wildman–Crippen LogP) is 2.97. The molecule has 0 aliphatic carbocycles. The number of aryl methyl sites for hydroxylation is 1. The van der Waals surface area contributed by atoms with Crippen LogP contribution >= 0.6 is 0 Å². The van der Waals surface area contributed by atoms with Crippen molar-refractivity contribution >= 4 is 5.69 Å². The van der Waals surface area contributed by atoms with E-state index < -0.39 is 0 Å². The molecule has 1 aliphatic heterocycles. The SMILES string of the molecule is C#Cc1ccc(N2CCCCC2)cc1C. The molecule has 1 aromatic rings. The van der Waals surface area contributed by atoms with Crippen molar-refractivity contribution in [2.24, 2.45) is 0 Å². The number of anilines is 1. The fraction of sp³-hybridized carbons (Fsp3) is 0.429. The zero-order chi connectivity index (χ0) is 10.7. The molecular weight excluding hydrogens is 182 g/mol. The van der Waals surface area contributed by atoms with E-state index in [1.54, 1.807) is 0 Å². The molecule has 1 nitrogen and oxygen atoms in total. The standard InChI is InChI=1S/C14H17N/c1-3-13-7-8-14(11-12(13)2)15-9-5-4-6-10-15/h1,7-8,11H,4-6,9-10H2,2H3. The summed E-state index contributed by atoms with van der Waals surface area (Å²) >= 11 is 0. The Kier molecular flexibility index (Phi) is 2.97. The van der Waals surface area contributed by atoms with Crippen molar-refractivity contribution in [3.05, 3.63) is 29.3 Å². The molecule has 0 unspecified atom stereocenters. The van der Waals surface area contributed by atoms with E-state index in [-0.39, 0.29) is 0 Å². The summed E-state index contributed by atoms with van der Waals surface area (Å²) in [5.74, 6) is 2.71. The summed E-state index contributed by atoms with van der Waals surface area (Å²) in [5, 5.41) is 0. The van der Waals surface area contributed by atoms with Crippen LogP contribution in [0.1, 0.15) is 30.4 Å². The third kappa shape index (κ3) is 2.15. The molecule has 0 N–H and O–H groups in total.